The van der Waals surface area contributed by atoms with Crippen LogP contribution in [-0.4, -0.2) is 33.1 Å². The highest BCUT2D eigenvalue weighted by Crippen LogP contribution is 2.44. The standard InChI is InChI=1S/C31H28N2O5S/c1-21-15-17-23(18-16-21)39(36,37)33-30(34)29(19-22-9-3-2-4-10-22)32-31(35)38-20-28-26-13-7-5-11-24(26)25-12-6-8-14-27(25)28/h2-18,28-29H,19-20H2,1H3,(H,32,35)(H,33,34)/t29-/m0/s1. The highest BCUT2D eigenvalue weighted by Gasteiger charge is 2.31. The van der Waals surface area contributed by atoms with Crippen LogP contribution in [0.15, 0.2) is 108 Å². The first-order chi connectivity index (χ1) is 18.8. The smallest absolute Gasteiger partial charge is 0.407 e. The molecule has 0 radical (unpaired) electrons. The molecule has 0 fully saturated rings. The lowest BCUT2D eigenvalue weighted by molar-refractivity contribution is -0.121. The summed E-state index contributed by atoms with van der Waals surface area (Å²) in [5, 5.41) is 2.58. The summed E-state index contributed by atoms with van der Waals surface area (Å²) in [5.41, 5.74) is 5.97. The Morgan fingerprint density at radius 3 is 1.97 bits per heavy atom. The van der Waals surface area contributed by atoms with E-state index in [0.29, 0.717) is 0 Å². The molecule has 0 heterocycles. The van der Waals surface area contributed by atoms with E-state index in [-0.39, 0.29) is 23.8 Å². The molecule has 1 aliphatic rings. The van der Waals surface area contributed by atoms with Crippen molar-refractivity contribution in [2.75, 3.05) is 6.61 Å². The van der Waals surface area contributed by atoms with Gasteiger partial charge in [-0.25, -0.2) is 17.9 Å². The summed E-state index contributed by atoms with van der Waals surface area (Å²) in [6, 6.07) is 30.0. The fourth-order valence-corrected chi connectivity index (χ4v) is 5.84. The van der Waals surface area contributed by atoms with Crippen molar-refractivity contribution in [3.63, 3.8) is 0 Å². The zero-order chi connectivity index (χ0) is 27.4. The minimum absolute atomic E-state index is 0.0407. The lowest BCUT2D eigenvalue weighted by Gasteiger charge is -2.20. The Hall–Kier alpha value is -4.43. The van der Waals surface area contributed by atoms with Crippen molar-refractivity contribution >= 4 is 22.0 Å². The Morgan fingerprint density at radius 1 is 0.795 bits per heavy atom. The van der Waals surface area contributed by atoms with E-state index in [1.165, 1.54) is 12.1 Å². The molecule has 5 rings (SSSR count). The summed E-state index contributed by atoms with van der Waals surface area (Å²) in [4.78, 5) is 26.1. The van der Waals surface area contributed by atoms with Crippen LogP contribution < -0.4 is 10.0 Å². The van der Waals surface area contributed by atoms with Gasteiger partial charge in [0.2, 0.25) is 0 Å². The van der Waals surface area contributed by atoms with Crippen LogP contribution in [0, 0.1) is 6.92 Å². The second-order valence-electron chi connectivity index (χ2n) is 9.49. The largest absolute Gasteiger partial charge is 0.449 e. The molecular formula is C31H28N2O5S. The molecule has 0 saturated heterocycles. The highest BCUT2D eigenvalue weighted by atomic mass is 32.2. The van der Waals surface area contributed by atoms with Crippen molar-refractivity contribution in [1.82, 2.24) is 10.0 Å². The molecule has 1 atom stereocenters. The number of fused-ring (bicyclic) bond motifs is 3. The first kappa shape index (κ1) is 26.2. The highest BCUT2D eigenvalue weighted by molar-refractivity contribution is 7.90. The first-order valence-electron chi connectivity index (χ1n) is 12.6. The van der Waals surface area contributed by atoms with E-state index < -0.39 is 28.1 Å². The summed E-state index contributed by atoms with van der Waals surface area (Å²) < 4.78 is 33.4. The third kappa shape index (κ3) is 5.86. The monoisotopic (exact) mass is 540 g/mol. The molecule has 7 nitrogen and oxygen atoms in total. The topological polar surface area (TPSA) is 102 Å². The zero-order valence-electron chi connectivity index (χ0n) is 21.3. The van der Waals surface area contributed by atoms with Gasteiger partial charge in [-0.15, -0.1) is 0 Å². The number of alkyl carbamates (subject to hydrolysis) is 1. The minimum atomic E-state index is -4.13. The lowest BCUT2D eigenvalue weighted by atomic mass is 9.98. The number of hydrogen-bond acceptors (Lipinski definition) is 5. The Bertz CT molecular complexity index is 1560. The summed E-state index contributed by atoms with van der Waals surface area (Å²) in [7, 11) is -4.13. The van der Waals surface area contributed by atoms with Crippen LogP contribution in [0.5, 0.6) is 0 Å². The summed E-state index contributed by atoms with van der Waals surface area (Å²) in [6.07, 6.45) is -0.721. The van der Waals surface area contributed by atoms with Gasteiger partial charge in [0.05, 0.1) is 4.90 Å². The van der Waals surface area contributed by atoms with Crippen molar-refractivity contribution in [2.45, 2.75) is 30.2 Å². The fraction of sp³-hybridized carbons (Fsp3) is 0.161. The molecule has 4 aromatic carbocycles. The molecule has 8 heteroatoms. The lowest BCUT2D eigenvalue weighted by Crippen LogP contribution is -2.49. The van der Waals surface area contributed by atoms with Gasteiger partial charge in [-0.2, -0.15) is 0 Å². The van der Waals surface area contributed by atoms with Crippen molar-refractivity contribution < 1.29 is 22.7 Å². The molecule has 4 aromatic rings. The summed E-state index contributed by atoms with van der Waals surface area (Å²) in [5.74, 6) is -1.00. The van der Waals surface area contributed by atoms with Gasteiger partial charge in [-0.05, 0) is 46.9 Å². The van der Waals surface area contributed by atoms with Gasteiger partial charge in [-0.1, -0.05) is 96.6 Å². The average Bonchev–Trinajstić information content (AvgIpc) is 3.26. The van der Waals surface area contributed by atoms with Gasteiger partial charge >= 0.3 is 6.09 Å². The number of benzene rings is 4. The van der Waals surface area contributed by atoms with Crippen LogP contribution in [0.2, 0.25) is 0 Å². The normalized spacial score (nSPS) is 13.2. The molecule has 39 heavy (non-hydrogen) atoms. The molecule has 0 unspecified atom stereocenters. The van der Waals surface area contributed by atoms with Crippen LogP contribution in [0.4, 0.5) is 4.79 Å². The van der Waals surface area contributed by atoms with Crippen LogP contribution in [-0.2, 0) is 26.0 Å². The molecule has 0 spiro atoms. The van der Waals surface area contributed by atoms with Crippen LogP contribution in [0.3, 0.4) is 0 Å². The number of amides is 2. The van der Waals surface area contributed by atoms with Gasteiger partial charge < -0.3 is 10.1 Å². The minimum Gasteiger partial charge on any atom is -0.449 e. The van der Waals surface area contributed by atoms with Gasteiger partial charge in [-0.3, -0.25) is 4.79 Å². The Morgan fingerprint density at radius 2 is 1.36 bits per heavy atom. The molecule has 2 N–H and O–H groups in total. The van der Waals surface area contributed by atoms with Gasteiger partial charge in [0.25, 0.3) is 15.9 Å². The predicted molar refractivity (Wildman–Crippen MR) is 149 cm³/mol. The molecule has 198 valence electrons. The first-order valence-corrected chi connectivity index (χ1v) is 14.1. The van der Waals surface area contributed by atoms with Gasteiger partial charge in [0.1, 0.15) is 12.6 Å². The van der Waals surface area contributed by atoms with E-state index in [0.717, 1.165) is 33.4 Å². The van der Waals surface area contributed by atoms with E-state index in [2.05, 4.69) is 10.0 Å². The number of nitrogens with one attached hydrogen (secondary N) is 2. The van der Waals surface area contributed by atoms with E-state index in [1.54, 1.807) is 36.4 Å². The Kier molecular flexibility index (Phi) is 7.47. The number of ether oxygens (including phenoxy) is 1. The summed E-state index contributed by atoms with van der Waals surface area (Å²) >= 11 is 0. The maximum Gasteiger partial charge on any atom is 0.407 e. The van der Waals surface area contributed by atoms with Crippen molar-refractivity contribution in [1.29, 1.82) is 0 Å². The second kappa shape index (κ2) is 11.1. The van der Waals surface area contributed by atoms with Crippen LogP contribution in [0.1, 0.15) is 28.2 Å². The number of aryl methyl sites for hydroxylation is 1. The molecular weight excluding hydrogens is 512 g/mol. The van der Waals surface area contributed by atoms with E-state index in [9.17, 15) is 18.0 Å². The number of carbonyl (C=O) groups is 2. The van der Waals surface area contributed by atoms with Crippen molar-refractivity contribution in [2.24, 2.45) is 0 Å². The van der Waals surface area contributed by atoms with Crippen molar-refractivity contribution in [3.05, 3.63) is 125 Å². The number of hydrogen-bond donors (Lipinski definition) is 2. The quantitative estimate of drug-likeness (QED) is 0.329. The third-order valence-electron chi connectivity index (χ3n) is 6.80. The van der Waals surface area contributed by atoms with Gasteiger partial charge in [0, 0.05) is 12.3 Å². The number of carbonyl (C=O) groups excluding carboxylic acids is 2. The maximum absolute atomic E-state index is 13.2. The van der Waals surface area contributed by atoms with Crippen LogP contribution >= 0.6 is 0 Å². The summed E-state index contributed by atoms with van der Waals surface area (Å²) in [6.45, 7) is 1.91. The van der Waals surface area contributed by atoms with E-state index in [4.69, 9.17) is 4.74 Å². The third-order valence-corrected chi connectivity index (χ3v) is 8.16. The molecule has 0 bridgehead atoms. The molecule has 0 saturated carbocycles. The molecule has 0 aliphatic heterocycles. The van der Waals surface area contributed by atoms with E-state index in [1.807, 2.05) is 61.5 Å². The van der Waals surface area contributed by atoms with Crippen LogP contribution in [0.25, 0.3) is 11.1 Å². The van der Waals surface area contributed by atoms with Crippen molar-refractivity contribution in [3.8, 4) is 11.1 Å². The second-order valence-corrected chi connectivity index (χ2v) is 11.2. The number of sulfonamides is 1. The molecule has 1 aliphatic carbocycles. The predicted octanol–water partition coefficient (Wildman–Crippen LogP) is 4.95. The van der Waals surface area contributed by atoms with E-state index >= 15 is 0 Å². The fourth-order valence-electron chi connectivity index (χ4n) is 4.82. The van der Waals surface area contributed by atoms with Gasteiger partial charge in [0.15, 0.2) is 0 Å². The Balaban J connectivity index is 1.31. The molecule has 2 amide bonds. The zero-order valence-corrected chi connectivity index (χ0v) is 22.1. The number of rotatable bonds is 8. The molecule has 0 aromatic heterocycles. The average molecular weight is 541 g/mol. The Labute approximate surface area is 227 Å². The SMILES string of the molecule is Cc1ccc(S(=O)(=O)NC(=O)[C@H](Cc2ccccc2)NC(=O)OCC2c3ccccc3-c3ccccc32)cc1. The maximum atomic E-state index is 13.2.